The zero-order valence-electron chi connectivity index (χ0n) is 7.83. The van der Waals surface area contributed by atoms with Crippen LogP contribution < -0.4 is 14.2 Å². The van der Waals surface area contributed by atoms with Crippen LogP contribution in [0.15, 0.2) is 12.1 Å². The van der Waals surface area contributed by atoms with Crippen LogP contribution in [0, 0.1) is 0 Å². The number of aromatic hydroxyl groups is 1. The summed E-state index contributed by atoms with van der Waals surface area (Å²) in [6, 6.07) is 3.01. The summed E-state index contributed by atoms with van der Waals surface area (Å²) in [5.41, 5.74) is 0. The van der Waals surface area contributed by atoms with Crippen LogP contribution in [-0.2, 0) is 0 Å². The predicted octanol–water partition coefficient (Wildman–Crippen LogP) is 1.42. The first-order valence-corrected chi connectivity index (χ1v) is 3.72. The van der Waals surface area contributed by atoms with Crippen LogP contribution in [0.3, 0.4) is 0 Å². The Kier molecular flexibility index (Phi) is 2.84. The van der Waals surface area contributed by atoms with Gasteiger partial charge in [0.15, 0.2) is 23.0 Å². The van der Waals surface area contributed by atoms with Gasteiger partial charge in [0.2, 0.25) is 0 Å². The molecule has 1 rings (SSSR count). The van der Waals surface area contributed by atoms with Crippen LogP contribution in [0.1, 0.15) is 0 Å². The first-order chi connectivity index (χ1) is 6.22. The van der Waals surface area contributed by atoms with Gasteiger partial charge in [-0.05, 0) is 0 Å². The highest BCUT2D eigenvalue weighted by atomic mass is 16.5. The zero-order valence-corrected chi connectivity index (χ0v) is 7.83. The maximum Gasteiger partial charge on any atom is 0.164 e. The molecular weight excluding hydrogens is 172 g/mol. The smallest absolute Gasteiger partial charge is 0.164 e. The zero-order chi connectivity index (χ0) is 9.84. The Morgan fingerprint density at radius 3 is 1.77 bits per heavy atom. The number of hydrogen-bond donors (Lipinski definition) is 1. The Morgan fingerprint density at radius 2 is 1.31 bits per heavy atom. The summed E-state index contributed by atoms with van der Waals surface area (Å²) in [5.74, 6) is 1.38. The highest BCUT2D eigenvalue weighted by Crippen LogP contribution is 2.38. The van der Waals surface area contributed by atoms with Gasteiger partial charge in [-0.3, -0.25) is 0 Å². The highest BCUT2D eigenvalue weighted by Gasteiger charge is 2.09. The van der Waals surface area contributed by atoms with E-state index in [1.165, 1.54) is 27.4 Å². The number of rotatable bonds is 3. The molecule has 1 N–H and O–H groups in total. The summed E-state index contributed by atoms with van der Waals surface area (Å²) in [5, 5.41) is 9.38. The van der Waals surface area contributed by atoms with Gasteiger partial charge in [0.1, 0.15) is 0 Å². The summed E-state index contributed by atoms with van der Waals surface area (Å²) < 4.78 is 14.9. The van der Waals surface area contributed by atoms with E-state index in [4.69, 9.17) is 14.2 Å². The van der Waals surface area contributed by atoms with Crippen molar-refractivity contribution in [2.24, 2.45) is 0 Å². The van der Waals surface area contributed by atoms with E-state index in [1.807, 2.05) is 0 Å². The Morgan fingerprint density at radius 1 is 0.846 bits per heavy atom. The molecule has 1 aromatic rings. The summed E-state index contributed by atoms with van der Waals surface area (Å²) in [7, 11) is 4.50. The van der Waals surface area contributed by atoms with Crippen LogP contribution in [0.4, 0.5) is 0 Å². The molecule has 72 valence electrons. The lowest BCUT2D eigenvalue weighted by molar-refractivity contribution is 0.336. The van der Waals surface area contributed by atoms with Crippen molar-refractivity contribution < 1.29 is 19.3 Å². The molecule has 0 aromatic heterocycles. The van der Waals surface area contributed by atoms with Crippen molar-refractivity contribution in [2.45, 2.75) is 0 Å². The number of benzene rings is 1. The molecule has 0 unspecified atom stereocenters. The molecule has 0 aliphatic heterocycles. The third kappa shape index (κ3) is 1.77. The first-order valence-electron chi connectivity index (χ1n) is 3.72. The largest absolute Gasteiger partial charge is 0.504 e. The Hall–Kier alpha value is -1.58. The molecule has 1 aromatic carbocycles. The molecule has 0 amide bonds. The predicted molar refractivity (Wildman–Crippen MR) is 47.8 cm³/mol. The van der Waals surface area contributed by atoms with Gasteiger partial charge in [0.25, 0.3) is 0 Å². The van der Waals surface area contributed by atoms with E-state index in [9.17, 15) is 5.11 Å². The van der Waals surface area contributed by atoms with Gasteiger partial charge in [-0.15, -0.1) is 0 Å². The van der Waals surface area contributed by atoms with E-state index in [2.05, 4.69) is 0 Å². The Labute approximate surface area is 76.7 Å². The van der Waals surface area contributed by atoms with E-state index in [-0.39, 0.29) is 5.75 Å². The maximum atomic E-state index is 9.38. The lowest BCUT2D eigenvalue weighted by Crippen LogP contribution is -1.92. The minimum Gasteiger partial charge on any atom is -0.504 e. The lowest BCUT2D eigenvalue weighted by Gasteiger charge is -2.10. The van der Waals surface area contributed by atoms with Crippen LogP contribution >= 0.6 is 0 Å². The van der Waals surface area contributed by atoms with E-state index in [0.29, 0.717) is 17.2 Å². The summed E-state index contributed by atoms with van der Waals surface area (Å²) >= 11 is 0. The minimum atomic E-state index is 0.0279. The lowest BCUT2D eigenvalue weighted by atomic mass is 10.3. The van der Waals surface area contributed by atoms with Gasteiger partial charge < -0.3 is 19.3 Å². The Balaban J connectivity index is 3.18. The monoisotopic (exact) mass is 184 g/mol. The molecule has 0 spiro atoms. The fourth-order valence-electron chi connectivity index (χ4n) is 1.01. The van der Waals surface area contributed by atoms with E-state index in [0.717, 1.165) is 0 Å². The van der Waals surface area contributed by atoms with Crippen molar-refractivity contribution in [3.8, 4) is 23.0 Å². The van der Waals surface area contributed by atoms with Crippen molar-refractivity contribution in [1.82, 2.24) is 0 Å². The molecule has 0 atom stereocenters. The van der Waals surface area contributed by atoms with E-state index >= 15 is 0 Å². The highest BCUT2D eigenvalue weighted by molar-refractivity contribution is 5.53. The second-order valence-corrected chi connectivity index (χ2v) is 2.38. The number of hydrogen-bond acceptors (Lipinski definition) is 4. The fourth-order valence-corrected chi connectivity index (χ4v) is 1.01. The molecule has 0 saturated carbocycles. The number of ether oxygens (including phenoxy) is 3. The number of phenolic OH excluding ortho intramolecular Hbond substituents is 1. The number of methoxy groups -OCH3 is 3. The van der Waals surface area contributed by atoms with Crippen LogP contribution in [0.25, 0.3) is 0 Å². The third-order valence-electron chi connectivity index (χ3n) is 1.69. The van der Waals surface area contributed by atoms with E-state index in [1.54, 1.807) is 6.07 Å². The second kappa shape index (κ2) is 3.89. The molecule has 0 heterocycles. The van der Waals surface area contributed by atoms with Gasteiger partial charge in [-0.2, -0.15) is 0 Å². The van der Waals surface area contributed by atoms with Crippen molar-refractivity contribution in [3.63, 3.8) is 0 Å². The average molecular weight is 184 g/mol. The normalized spacial score (nSPS) is 9.46. The fraction of sp³-hybridized carbons (Fsp3) is 0.333. The molecule has 0 saturated heterocycles. The van der Waals surface area contributed by atoms with E-state index < -0.39 is 0 Å². The quantitative estimate of drug-likeness (QED) is 0.771. The van der Waals surface area contributed by atoms with Gasteiger partial charge >= 0.3 is 0 Å². The van der Waals surface area contributed by atoms with Crippen molar-refractivity contribution in [1.29, 1.82) is 0 Å². The minimum absolute atomic E-state index is 0.0279. The standard InChI is InChI=1S/C9H12O4/c1-11-7-5-9(13-3)8(12-2)4-6(7)10/h4-5,10H,1-3H3. The summed E-state index contributed by atoms with van der Waals surface area (Å²) in [6.07, 6.45) is 0. The molecule has 0 aliphatic carbocycles. The maximum absolute atomic E-state index is 9.38. The van der Waals surface area contributed by atoms with Gasteiger partial charge in [0, 0.05) is 12.1 Å². The first kappa shape index (κ1) is 9.51. The molecular formula is C9H12O4. The van der Waals surface area contributed by atoms with Crippen LogP contribution in [-0.4, -0.2) is 26.4 Å². The summed E-state index contributed by atoms with van der Waals surface area (Å²) in [4.78, 5) is 0. The SMILES string of the molecule is COc1cc(OC)c(OC)cc1O. The molecule has 0 fully saturated rings. The molecule has 0 aliphatic rings. The van der Waals surface area contributed by atoms with Gasteiger partial charge in [0.05, 0.1) is 21.3 Å². The molecule has 4 heteroatoms. The van der Waals surface area contributed by atoms with Crippen molar-refractivity contribution in [3.05, 3.63) is 12.1 Å². The molecule has 13 heavy (non-hydrogen) atoms. The van der Waals surface area contributed by atoms with Crippen molar-refractivity contribution in [2.75, 3.05) is 21.3 Å². The van der Waals surface area contributed by atoms with Crippen molar-refractivity contribution >= 4 is 0 Å². The van der Waals surface area contributed by atoms with Gasteiger partial charge in [-0.25, -0.2) is 0 Å². The average Bonchev–Trinajstić information content (AvgIpc) is 2.17. The second-order valence-electron chi connectivity index (χ2n) is 2.38. The topological polar surface area (TPSA) is 47.9 Å². The third-order valence-corrected chi connectivity index (χ3v) is 1.69. The van der Waals surface area contributed by atoms with Crippen LogP contribution in [0.2, 0.25) is 0 Å². The van der Waals surface area contributed by atoms with Gasteiger partial charge in [-0.1, -0.05) is 0 Å². The molecule has 0 radical (unpaired) electrons. The number of phenols is 1. The Bertz CT molecular complexity index is 296. The molecule has 0 bridgehead atoms. The van der Waals surface area contributed by atoms with Crippen LogP contribution in [0.5, 0.6) is 23.0 Å². The molecule has 4 nitrogen and oxygen atoms in total. The summed E-state index contributed by atoms with van der Waals surface area (Å²) in [6.45, 7) is 0.